The Kier molecular flexibility index (Phi) is 4.35. The van der Waals surface area contributed by atoms with Gasteiger partial charge >= 0.3 is 0 Å². The first kappa shape index (κ1) is 12.0. The van der Waals surface area contributed by atoms with Crippen LogP contribution in [-0.2, 0) is 4.74 Å². The Morgan fingerprint density at radius 2 is 2.14 bits per heavy atom. The molecular formula is C11H24N2O. The first-order valence-corrected chi connectivity index (χ1v) is 5.48. The molecular weight excluding hydrogens is 176 g/mol. The molecule has 0 aromatic carbocycles. The van der Waals surface area contributed by atoms with Crippen LogP contribution in [0, 0.1) is 5.41 Å². The van der Waals surface area contributed by atoms with E-state index in [0.717, 1.165) is 26.1 Å². The smallest absolute Gasteiger partial charge is 0.0711 e. The maximum Gasteiger partial charge on any atom is 0.0711 e. The summed E-state index contributed by atoms with van der Waals surface area (Å²) in [5, 5.41) is 6.95. The van der Waals surface area contributed by atoms with Crippen LogP contribution in [0.5, 0.6) is 0 Å². The summed E-state index contributed by atoms with van der Waals surface area (Å²) in [7, 11) is 1.79. The van der Waals surface area contributed by atoms with Crippen molar-refractivity contribution in [1.82, 2.24) is 10.6 Å². The summed E-state index contributed by atoms with van der Waals surface area (Å²) in [5.74, 6) is 0. The molecule has 0 radical (unpaired) electrons. The maximum absolute atomic E-state index is 5.30. The molecule has 1 aliphatic heterocycles. The van der Waals surface area contributed by atoms with E-state index in [1.54, 1.807) is 7.11 Å². The van der Waals surface area contributed by atoms with Crippen molar-refractivity contribution in [3.8, 4) is 0 Å². The fourth-order valence-corrected chi connectivity index (χ4v) is 1.74. The average molecular weight is 200 g/mol. The molecule has 3 nitrogen and oxygen atoms in total. The minimum atomic E-state index is 0.374. The van der Waals surface area contributed by atoms with Crippen LogP contribution in [0.3, 0.4) is 0 Å². The molecule has 2 N–H and O–H groups in total. The highest BCUT2D eigenvalue weighted by Gasteiger charge is 2.23. The predicted octanol–water partition coefficient (Wildman–Crippen LogP) is 0.999. The zero-order valence-electron chi connectivity index (χ0n) is 9.89. The highest BCUT2D eigenvalue weighted by atomic mass is 16.5. The Hall–Kier alpha value is -0.120. The third-order valence-electron chi connectivity index (χ3n) is 2.56. The molecule has 2 atom stereocenters. The van der Waals surface area contributed by atoms with Crippen LogP contribution in [-0.4, -0.2) is 38.9 Å². The molecule has 1 saturated heterocycles. The van der Waals surface area contributed by atoms with E-state index in [1.807, 2.05) is 0 Å². The van der Waals surface area contributed by atoms with Gasteiger partial charge in [-0.05, 0) is 11.8 Å². The van der Waals surface area contributed by atoms with Crippen molar-refractivity contribution < 1.29 is 4.74 Å². The van der Waals surface area contributed by atoms with Gasteiger partial charge in [-0.15, -0.1) is 0 Å². The van der Waals surface area contributed by atoms with Gasteiger partial charge in [0.2, 0.25) is 0 Å². The lowest BCUT2D eigenvalue weighted by Crippen LogP contribution is -2.37. The van der Waals surface area contributed by atoms with E-state index in [0.29, 0.717) is 17.6 Å². The van der Waals surface area contributed by atoms with Gasteiger partial charge in [-0.1, -0.05) is 20.8 Å². The quantitative estimate of drug-likeness (QED) is 0.710. The van der Waals surface area contributed by atoms with Gasteiger partial charge in [0.1, 0.15) is 0 Å². The third-order valence-corrected chi connectivity index (χ3v) is 2.56. The number of hydrogen-bond acceptors (Lipinski definition) is 3. The SMILES string of the molecule is COC1CNC(CNCC(C)(C)C)C1. The zero-order valence-corrected chi connectivity index (χ0v) is 9.89. The molecule has 0 aliphatic carbocycles. The van der Waals surface area contributed by atoms with Crippen LogP contribution in [0.15, 0.2) is 0 Å². The lowest BCUT2D eigenvalue weighted by Gasteiger charge is -2.20. The van der Waals surface area contributed by atoms with Crippen molar-refractivity contribution in [2.45, 2.75) is 39.3 Å². The Bertz CT molecular complexity index is 165. The summed E-state index contributed by atoms with van der Waals surface area (Å²) in [6.07, 6.45) is 1.55. The van der Waals surface area contributed by atoms with E-state index in [4.69, 9.17) is 4.74 Å². The van der Waals surface area contributed by atoms with Gasteiger partial charge < -0.3 is 15.4 Å². The minimum Gasteiger partial charge on any atom is -0.380 e. The molecule has 14 heavy (non-hydrogen) atoms. The van der Waals surface area contributed by atoms with Crippen LogP contribution in [0.1, 0.15) is 27.2 Å². The van der Waals surface area contributed by atoms with Gasteiger partial charge in [0, 0.05) is 32.8 Å². The Morgan fingerprint density at radius 1 is 1.43 bits per heavy atom. The van der Waals surface area contributed by atoms with E-state index < -0.39 is 0 Å². The number of ether oxygens (including phenoxy) is 1. The van der Waals surface area contributed by atoms with Crippen molar-refractivity contribution in [2.24, 2.45) is 5.41 Å². The van der Waals surface area contributed by atoms with Gasteiger partial charge in [0.25, 0.3) is 0 Å². The highest BCUT2D eigenvalue weighted by molar-refractivity contribution is 4.84. The Labute approximate surface area is 87.6 Å². The third kappa shape index (κ3) is 4.40. The van der Waals surface area contributed by atoms with Crippen LogP contribution in [0.4, 0.5) is 0 Å². The summed E-state index contributed by atoms with van der Waals surface area (Å²) >= 11 is 0. The molecule has 2 unspecified atom stereocenters. The lowest BCUT2D eigenvalue weighted by atomic mass is 9.97. The molecule has 0 aromatic heterocycles. The molecule has 1 aliphatic rings. The summed E-state index contributed by atoms with van der Waals surface area (Å²) in [6, 6.07) is 0.585. The molecule has 3 heteroatoms. The van der Waals surface area contributed by atoms with Crippen molar-refractivity contribution >= 4 is 0 Å². The fraction of sp³-hybridized carbons (Fsp3) is 1.00. The maximum atomic E-state index is 5.30. The Morgan fingerprint density at radius 3 is 2.64 bits per heavy atom. The van der Waals surface area contributed by atoms with E-state index in [1.165, 1.54) is 0 Å². The van der Waals surface area contributed by atoms with Crippen molar-refractivity contribution in [2.75, 3.05) is 26.7 Å². The summed E-state index contributed by atoms with van der Waals surface area (Å²) in [5.41, 5.74) is 0.374. The second-order valence-corrected chi connectivity index (χ2v) is 5.39. The molecule has 0 saturated carbocycles. The summed E-state index contributed by atoms with van der Waals surface area (Å²) in [4.78, 5) is 0. The van der Waals surface area contributed by atoms with Gasteiger partial charge in [0.15, 0.2) is 0 Å². The van der Waals surface area contributed by atoms with Crippen LogP contribution >= 0.6 is 0 Å². The van der Waals surface area contributed by atoms with Crippen LogP contribution in [0.25, 0.3) is 0 Å². The van der Waals surface area contributed by atoms with Gasteiger partial charge in [0.05, 0.1) is 6.10 Å². The number of nitrogens with one attached hydrogen (secondary N) is 2. The molecule has 1 heterocycles. The summed E-state index contributed by atoms with van der Waals surface area (Å²) < 4.78 is 5.30. The Balaban J connectivity index is 2.09. The van der Waals surface area contributed by atoms with E-state index in [9.17, 15) is 0 Å². The highest BCUT2D eigenvalue weighted by Crippen LogP contribution is 2.12. The number of methoxy groups -OCH3 is 1. The molecule has 1 rings (SSSR count). The van der Waals surface area contributed by atoms with E-state index >= 15 is 0 Å². The molecule has 0 spiro atoms. The van der Waals surface area contributed by atoms with Crippen molar-refractivity contribution in [1.29, 1.82) is 0 Å². The second-order valence-electron chi connectivity index (χ2n) is 5.39. The normalized spacial score (nSPS) is 28.3. The lowest BCUT2D eigenvalue weighted by molar-refractivity contribution is 0.117. The van der Waals surface area contributed by atoms with Gasteiger partial charge in [-0.2, -0.15) is 0 Å². The molecule has 0 aromatic rings. The van der Waals surface area contributed by atoms with Crippen LogP contribution in [0.2, 0.25) is 0 Å². The topological polar surface area (TPSA) is 33.3 Å². The molecule has 1 fully saturated rings. The number of hydrogen-bond donors (Lipinski definition) is 2. The number of rotatable bonds is 4. The second kappa shape index (κ2) is 5.10. The molecule has 0 amide bonds. The zero-order chi connectivity index (χ0) is 10.6. The van der Waals surface area contributed by atoms with Crippen LogP contribution < -0.4 is 10.6 Å². The summed E-state index contributed by atoms with van der Waals surface area (Å²) in [6.45, 7) is 9.87. The largest absolute Gasteiger partial charge is 0.380 e. The monoisotopic (exact) mass is 200 g/mol. The van der Waals surface area contributed by atoms with E-state index in [-0.39, 0.29) is 0 Å². The van der Waals surface area contributed by atoms with Gasteiger partial charge in [-0.25, -0.2) is 0 Å². The standard InChI is InChI=1S/C11H24N2O/c1-11(2,3)8-12-6-9-5-10(14-4)7-13-9/h9-10,12-13H,5-8H2,1-4H3. The average Bonchev–Trinajstić information content (AvgIpc) is 2.50. The van der Waals surface area contributed by atoms with Crippen molar-refractivity contribution in [3.63, 3.8) is 0 Å². The van der Waals surface area contributed by atoms with Crippen molar-refractivity contribution in [3.05, 3.63) is 0 Å². The minimum absolute atomic E-state index is 0.374. The van der Waals surface area contributed by atoms with Gasteiger partial charge in [-0.3, -0.25) is 0 Å². The first-order chi connectivity index (χ1) is 6.51. The fourth-order valence-electron chi connectivity index (χ4n) is 1.74. The molecule has 84 valence electrons. The molecule has 0 bridgehead atoms. The van der Waals surface area contributed by atoms with E-state index in [2.05, 4.69) is 31.4 Å². The first-order valence-electron chi connectivity index (χ1n) is 5.48. The predicted molar refractivity (Wildman–Crippen MR) is 59.5 cm³/mol.